The quantitative estimate of drug-likeness (QED) is 0.507. The number of carbonyl (C=O) groups is 3. The van der Waals surface area contributed by atoms with Gasteiger partial charge < -0.3 is 19.7 Å². The minimum absolute atomic E-state index is 0.113. The molecule has 0 fully saturated rings. The number of esters is 1. The van der Waals surface area contributed by atoms with E-state index in [-0.39, 0.29) is 30.9 Å². The zero-order valence-electron chi connectivity index (χ0n) is 15.0. The number of nitrogens with zero attached hydrogens (tertiary/aromatic N) is 1. The number of carbonyl (C=O) groups excluding carboxylic acids is 3. The van der Waals surface area contributed by atoms with Crippen LogP contribution >= 0.6 is 0 Å². The number of amides is 2. The molecule has 1 unspecified atom stereocenters. The van der Waals surface area contributed by atoms with Crippen LogP contribution < -0.4 is 10.1 Å². The minimum Gasteiger partial charge on any atom is -0.484 e. The summed E-state index contributed by atoms with van der Waals surface area (Å²) in [5.74, 6) is -0.541. The SMILES string of the molecule is COC(=O)C(C)CN(CCCNC(C)=O)C(=O)COc1ccccc1. The summed E-state index contributed by atoms with van der Waals surface area (Å²) in [6.45, 7) is 4.15. The van der Waals surface area contributed by atoms with Crippen LogP contribution in [0.4, 0.5) is 0 Å². The van der Waals surface area contributed by atoms with Crippen molar-refractivity contribution in [2.45, 2.75) is 20.3 Å². The lowest BCUT2D eigenvalue weighted by atomic mass is 10.1. The van der Waals surface area contributed by atoms with Gasteiger partial charge in [-0.2, -0.15) is 0 Å². The Bertz CT molecular complexity index is 562. The van der Waals surface area contributed by atoms with Gasteiger partial charge in [-0.25, -0.2) is 0 Å². The summed E-state index contributed by atoms with van der Waals surface area (Å²) in [6.07, 6.45) is 0.588. The molecular weight excluding hydrogens is 324 g/mol. The van der Waals surface area contributed by atoms with Gasteiger partial charge in [0.05, 0.1) is 13.0 Å². The fraction of sp³-hybridized carbons (Fsp3) is 0.500. The lowest BCUT2D eigenvalue weighted by Crippen LogP contribution is -2.41. The fourth-order valence-corrected chi connectivity index (χ4v) is 2.21. The Balaban J connectivity index is 2.59. The van der Waals surface area contributed by atoms with Crippen LogP contribution in [0, 0.1) is 5.92 Å². The van der Waals surface area contributed by atoms with Crippen LogP contribution in [0.15, 0.2) is 30.3 Å². The molecule has 0 aliphatic heterocycles. The maximum atomic E-state index is 12.5. The molecule has 7 heteroatoms. The highest BCUT2D eigenvalue weighted by Crippen LogP contribution is 2.09. The molecule has 25 heavy (non-hydrogen) atoms. The molecule has 138 valence electrons. The smallest absolute Gasteiger partial charge is 0.310 e. The first-order chi connectivity index (χ1) is 11.9. The lowest BCUT2D eigenvalue weighted by Gasteiger charge is -2.25. The summed E-state index contributed by atoms with van der Waals surface area (Å²) in [4.78, 5) is 36.5. The Labute approximate surface area is 148 Å². The number of hydrogen-bond donors (Lipinski definition) is 1. The first kappa shape index (κ1) is 20.5. The average molecular weight is 350 g/mol. The first-order valence-electron chi connectivity index (χ1n) is 8.22. The van der Waals surface area contributed by atoms with Crippen LogP contribution in [-0.4, -0.2) is 56.0 Å². The maximum absolute atomic E-state index is 12.5. The number of para-hydroxylation sites is 1. The van der Waals surface area contributed by atoms with Gasteiger partial charge in [0.1, 0.15) is 5.75 Å². The normalized spacial score (nSPS) is 11.3. The third-order valence-electron chi connectivity index (χ3n) is 3.53. The largest absolute Gasteiger partial charge is 0.484 e. The molecule has 0 spiro atoms. The molecule has 0 saturated carbocycles. The molecule has 0 aliphatic rings. The van der Waals surface area contributed by atoms with E-state index in [1.807, 2.05) is 18.2 Å². The highest BCUT2D eigenvalue weighted by Gasteiger charge is 2.21. The van der Waals surface area contributed by atoms with Crippen LogP contribution in [0.5, 0.6) is 5.75 Å². The van der Waals surface area contributed by atoms with Gasteiger partial charge in [0.2, 0.25) is 5.91 Å². The molecule has 0 aliphatic carbocycles. The number of benzene rings is 1. The monoisotopic (exact) mass is 350 g/mol. The molecule has 1 aromatic rings. The van der Waals surface area contributed by atoms with Crippen molar-refractivity contribution in [1.82, 2.24) is 10.2 Å². The average Bonchev–Trinajstić information content (AvgIpc) is 2.61. The second-order valence-electron chi connectivity index (χ2n) is 5.70. The van der Waals surface area contributed by atoms with Crippen molar-refractivity contribution in [3.8, 4) is 5.75 Å². The van der Waals surface area contributed by atoms with Crippen LogP contribution in [-0.2, 0) is 19.1 Å². The topological polar surface area (TPSA) is 84.9 Å². The highest BCUT2D eigenvalue weighted by molar-refractivity contribution is 5.79. The van der Waals surface area contributed by atoms with Gasteiger partial charge in [-0.05, 0) is 18.6 Å². The Morgan fingerprint density at radius 3 is 2.48 bits per heavy atom. The standard InChI is InChI=1S/C18H26N2O5/c1-14(18(23)24-3)12-20(11-7-10-19-15(2)21)17(22)13-25-16-8-5-4-6-9-16/h4-6,8-9,14H,7,10-13H2,1-3H3,(H,19,21). The second-order valence-corrected chi connectivity index (χ2v) is 5.70. The molecule has 0 bridgehead atoms. The number of ether oxygens (including phenoxy) is 2. The van der Waals surface area contributed by atoms with Gasteiger partial charge >= 0.3 is 5.97 Å². The van der Waals surface area contributed by atoms with Crippen LogP contribution in [0.3, 0.4) is 0 Å². The maximum Gasteiger partial charge on any atom is 0.310 e. The fourth-order valence-electron chi connectivity index (χ4n) is 2.21. The zero-order valence-corrected chi connectivity index (χ0v) is 15.0. The van der Waals surface area contributed by atoms with E-state index >= 15 is 0 Å². The van der Waals surface area contributed by atoms with Crippen molar-refractivity contribution < 1.29 is 23.9 Å². The third kappa shape index (κ3) is 8.19. The number of methoxy groups -OCH3 is 1. The van der Waals surface area contributed by atoms with Crippen molar-refractivity contribution in [2.75, 3.05) is 33.4 Å². The molecule has 0 aromatic heterocycles. The van der Waals surface area contributed by atoms with E-state index in [1.54, 1.807) is 24.0 Å². The molecule has 7 nitrogen and oxygen atoms in total. The Kier molecular flexibility index (Phi) is 9.06. The molecule has 1 aromatic carbocycles. The molecule has 0 radical (unpaired) electrons. The summed E-state index contributed by atoms with van der Waals surface area (Å²) in [5.41, 5.74) is 0. The first-order valence-corrected chi connectivity index (χ1v) is 8.22. The third-order valence-corrected chi connectivity index (χ3v) is 3.53. The lowest BCUT2D eigenvalue weighted by molar-refractivity contribution is -0.146. The summed E-state index contributed by atoms with van der Waals surface area (Å²) in [6, 6.07) is 9.05. The second kappa shape index (κ2) is 11.1. The Morgan fingerprint density at radius 1 is 1.20 bits per heavy atom. The molecule has 1 atom stereocenters. The summed E-state index contributed by atoms with van der Waals surface area (Å²) < 4.78 is 10.2. The van der Waals surface area contributed by atoms with Gasteiger partial charge in [0.25, 0.3) is 5.91 Å². The molecule has 1 rings (SSSR count). The van der Waals surface area contributed by atoms with Crippen molar-refractivity contribution in [3.63, 3.8) is 0 Å². The van der Waals surface area contributed by atoms with Gasteiger partial charge in [-0.1, -0.05) is 25.1 Å². The Hall–Kier alpha value is -2.57. The van der Waals surface area contributed by atoms with Gasteiger partial charge in [-0.15, -0.1) is 0 Å². The van der Waals surface area contributed by atoms with E-state index in [9.17, 15) is 14.4 Å². The number of nitrogens with one attached hydrogen (secondary N) is 1. The van der Waals surface area contributed by atoms with Gasteiger partial charge in [-0.3, -0.25) is 14.4 Å². The van der Waals surface area contributed by atoms with Gasteiger partial charge in [0, 0.05) is 26.6 Å². The molecule has 0 saturated heterocycles. The van der Waals surface area contributed by atoms with Crippen molar-refractivity contribution >= 4 is 17.8 Å². The summed E-state index contributed by atoms with van der Waals surface area (Å²) in [7, 11) is 1.32. The van der Waals surface area contributed by atoms with Crippen LogP contribution in [0.2, 0.25) is 0 Å². The van der Waals surface area contributed by atoms with E-state index in [4.69, 9.17) is 9.47 Å². The van der Waals surface area contributed by atoms with E-state index in [2.05, 4.69) is 5.32 Å². The van der Waals surface area contributed by atoms with Crippen LogP contribution in [0.25, 0.3) is 0 Å². The number of hydrogen-bond acceptors (Lipinski definition) is 5. The van der Waals surface area contributed by atoms with E-state index in [1.165, 1.54) is 14.0 Å². The zero-order chi connectivity index (χ0) is 18.7. The minimum atomic E-state index is -0.438. The number of rotatable bonds is 10. The van der Waals surface area contributed by atoms with E-state index < -0.39 is 5.92 Å². The van der Waals surface area contributed by atoms with Crippen molar-refractivity contribution in [1.29, 1.82) is 0 Å². The predicted molar refractivity (Wildman–Crippen MR) is 93.0 cm³/mol. The van der Waals surface area contributed by atoms with Gasteiger partial charge in [0.15, 0.2) is 6.61 Å². The van der Waals surface area contributed by atoms with Crippen molar-refractivity contribution in [2.24, 2.45) is 5.92 Å². The molecule has 1 N–H and O–H groups in total. The summed E-state index contributed by atoms with van der Waals surface area (Å²) in [5, 5.41) is 2.69. The molecule has 0 heterocycles. The molecule has 2 amide bonds. The van der Waals surface area contributed by atoms with E-state index in [0.29, 0.717) is 25.3 Å². The van der Waals surface area contributed by atoms with E-state index in [0.717, 1.165) is 0 Å². The summed E-state index contributed by atoms with van der Waals surface area (Å²) >= 11 is 0. The highest BCUT2D eigenvalue weighted by atomic mass is 16.5. The van der Waals surface area contributed by atoms with Crippen molar-refractivity contribution in [3.05, 3.63) is 30.3 Å². The Morgan fingerprint density at radius 2 is 1.88 bits per heavy atom. The predicted octanol–water partition coefficient (Wildman–Crippen LogP) is 1.23. The molecular formula is C18H26N2O5. The van der Waals surface area contributed by atoms with Crippen LogP contribution in [0.1, 0.15) is 20.3 Å².